The van der Waals surface area contributed by atoms with Gasteiger partial charge in [-0.25, -0.2) is 0 Å². The van der Waals surface area contributed by atoms with Gasteiger partial charge in [0.15, 0.2) is 0 Å². The average molecular weight is 872 g/mol. The van der Waals surface area contributed by atoms with Crippen LogP contribution in [0.2, 0.25) is 0 Å². The Kier molecular flexibility index (Phi) is 9.68. The molecular weight excluding hydrogens is 819 g/mol. The molecule has 0 N–H and O–H groups in total. The molecule has 4 aliphatic rings. The Balaban J connectivity index is 1.04. The highest BCUT2D eigenvalue weighted by Crippen LogP contribution is 2.53. The van der Waals surface area contributed by atoms with E-state index in [2.05, 4.69) is 231 Å². The van der Waals surface area contributed by atoms with Gasteiger partial charge < -0.3 is 4.90 Å². The summed E-state index contributed by atoms with van der Waals surface area (Å²) >= 11 is 0. The lowest BCUT2D eigenvalue weighted by molar-refractivity contribution is 0.607. The number of allylic oxidation sites excluding steroid dienone is 9. The second-order valence-corrected chi connectivity index (χ2v) is 19.6. The number of anilines is 3. The van der Waals surface area contributed by atoms with Crippen LogP contribution in [0.15, 0.2) is 212 Å². The number of hydrogen-bond acceptors (Lipinski definition) is 1. The summed E-state index contributed by atoms with van der Waals surface area (Å²) in [7, 11) is 0. The quantitative estimate of drug-likeness (QED) is 0.144. The van der Waals surface area contributed by atoms with Gasteiger partial charge in [0.25, 0.3) is 0 Å². The first kappa shape index (κ1) is 40.5. The van der Waals surface area contributed by atoms with Crippen LogP contribution in [0.4, 0.5) is 17.1 Å². The van der Waals surface area contributed by atoms with Crippen molar-refractivity contribution in [3.8, 4) is 33.4 Å². The third-order valence-corrected chi connectivity index (χ3v) is 15.5. The zero-order valence-corrected chi connectivity index (χ0v) is 38.9. The van der Waals surface area contributed by atoms with Gasteiger partial charge in [0, 0.05) is 22.4 Å². The molecule has 1 heteroatoms. The van der Waals surface area contributed by atoms with Gasteiger partial charge in [-0.2, -0.15) is 0 Å². The standard InChI is InChI=1S/C67H53N/c1-67(2)61-34-20-19-31-53(61)54-38-36-49(42-62(54)67)68(48-27-13-6-14-28-48)63-40-39-50(51-29-15-17-32-55(51)63)47-35-37-57-60(41-47)52-30-16-18-33-56(52)65-59(45-23-9-4-10-24-45)43-58(44-21-7-3-8-22-44)64(66(57)65)46-25-11-5-12-26-46/h3-9,11-14,16-19,21-23,25-28,30-33,35-43H,10,15,20,24,29,34H2,1-2H3. The molecule has 0 aliphatic heterocycles. The molecule has 0 fully saturated rings. The van der Waals surface area contributed by atoms with Gasteiger partial charge >= 0.3 is 0 Å². The molecular formula is C67H53N. The Labute approximate surface area is 400 Å². The van der Waals surface area contributed by atoms with Gasteiger partial charge in [0.2, 0.25) is 0 Å². The zero-order chi connectivity index (χ0) is 45.3. The maximum Gasteiger partial charge on any atom is 0.0537 e. The number of nitrogens with zero attached hydrogens (tertiary/aromatic N) is 1. The van der Waals surface area contributed by atoms with Crippen molar-refractivity contribution in [3.63, 3.8) is 0 Å². The monoisotopic (exact) mass is 871 g/mol. The lowest BCUT2D eigenvalue weighted by Gasteiger charge is -2.31. The van der Waals surface area contributed by atoms with Crippen molar-refractivity contribution in [1.29, 1.82) is 0 Å². The fourth-order valence-electron chi connectivity index (χ4n) is 12.3. The van der Waals surface area contributed by atoms with Gasteiger partial charge in [0.05, 0.1) is 5.69 Å². The van der Waals surface area contributed by atoms with Gasteiger partial charge in [-0.05, 0) is 180 Å². The second-order valence-electron chi connectivity index (χ2n) is 19.6. The van der Waals surface area contributed by atoms with Crippen molar-refractivity contribution >= 4 is 66.6 Å². The number of rotatable bonds is 7. The van der Waals surface area contributed by atoms with Crippen LogP contribution in [0.1, 0.15) is 73.8 Å². The molecule has 9 aromatic rings. The molecule has 326 valence electrons. The third kappa shape index (κ3) is 6.44. The van der Waals surface area contributed by atoms with Crippen LogP contribution >= 0.6 is 0 Å². The Hall–Kier alpha value is -7.74. The summed E-state index contributed by atoms with van der Waals surface area (Å²) in [5.41, 5.74) is 22.5. The Morgan fingerprint density at radius 2 is 1.15 bits per heavy atom. The summed E-state index contributed by atoms with van der Waals surface area (Å²) in [6, 6.07) is 64.2. The molecule has 0 bridgehead atoms. The van der Waals surface area contributed by atoms with Crippen LogP contribution in [0.5, 0.6) is 0 Å². The topological polar surface area (TPSA) is 3.24 Å². The summed E-state index contributed by atoms with van der Waals surface area (Å²) < 4.78 is 0. The van der Waals surface area contributed by atoms with Crippen LogP contribution in [0.3, 0.4) is 0 Å². The minimum Gasteiger partial charge on any atom is -0.310 e. The number of benzene rings is 9. The Bertz CT molecular complexity index is 3670. The summed E-state index contributed by atoms with van der Waals surface area (Å²) in [6.45, 7) is 4.85. The number of para-hydroxylation sites is 1. The minimum atomic E-state index is -0.0143. The molecule has 0 amide bonds. The summed E-state index contributed by atoms with van der Waals surface area (Å²) in [5, 5.41) is 7.85. The predicted molar refractivity (Wildman–Crippen MR) is 292 cm³/mol. The van der Waals surface area contributed by atoms with Crippen LogP contribution in [0.25, 0.3) is 82.9 Å². The lowest BCUT2D eigenvalue weighted by atomic mass is 9.78. The van der Waals surface area contributed by atoms with Gasteiger partial charge in [-0.15, -0.1) is 0 Å². The molecule has 0 spiro atoms. The van der Waals surface area contributed by atoms with Crippen molar-refractivity contribution in [2.45, 2.75) is 57.8 Å². The van der Waals surface area contributed by atoms with Crippen LogP contribution in [-0.4, -0.2) is 0 Å². The average Bonchev–Trinajstić information content (AvgIpc) is 3.64. The lowest BCUT2D eigenvalue weighted by Crippen LogP contribution is -2.19. The van der Waals surface area contributed by atoms with Crippen LogP contribution in [-0.2, 0) is 11.8 Å². The molecule has 0 saturated carbocycles. The number of fused-ring (bicyclic) bond motifs is 9. The fraction of sp³-hybridized carbons (Fsp3) is 0.134. The van der Waals surface area contributed by atoms with E-state index >= 15 is 0 Å². The van der Waals surface area contributed by atoms with Gasteiger partial charge in [-0.1, -0.05) is 189 Å². The van der Waals surface area contributed by atoms with Crippen molar-refractivity contribution < 1.29 is 0 Å². The smallest absolute Gasteiger partial charge is 0.0537 e. The fourth-order valence-corrected chi connectivity index (χ4v) is 12.3. The Morgan fingerprint density at radius 1 is 0.456 bits per heavy atom. The molecule has 0 aromatic heterocycles. The molecule has 68 heavy (non-hydrogen) atoms. The van der Waals surface area contributed by atoms with E-state index in [4.69, 9.17) is 0 Å². The van der Waals surface area contributed by atoms with E-state index in [0.29, 0.717) is 0 Å². The number of hydrogen-bond donors (Lipinski definition) is 0. The second kappa shape index (κ2) is 16.2. The molecule has 9 aromatic carbocycles. The van der Waals surface area contributed by atoms with Crippen molar-refractivity contribution in [2.24, 2.45) is 0 Å². The summed E-state index contributed by atoms with van der Waals surface area (Å²) in [5.74, 6) is 0. The van der Waals surface area contributed by atoms with E-state index < -0.39 is 0 Å². The third-order valence-electron chi connectivity index (χ3n) is 15.5. The van der Waals surface area contributed by atoms with Crippen LogP contribution in [0, 0.1) is 0 Å². The summed E-state index contributed by atoms with van der Waals surface area (Å²) in [6.07, 6.45) is 22.7. The molecule has 4 aliphatic carbocycles. The predicted octanol–water partition coefficient (Wildman–Crippen LogP) is 18.7. The van der Waals surface area contributed by atoms with Crippen LogP contribution < -0.4 is 4.90 Å². The first-order valence-electron chi connectivity index (χ1n) is 24.7. The van der Waals surface area contributed by atoms with Gasteiger partial charge in [0.1, 0.15) is 0 Å². The van der Waals surface area contributed by atoms with Crippen molar-refractivity contribution in [1.82, 2.24) is 0 Å². The first-order valence-corrected chi connectivity index (χ1v) is 24.7. The van der Waals surface area contributed by atoms with E-state index in [-0.39, 0.29) is 5.41 Å². The molecule has 0 unspecified atom stereocenters. The van der Waals surface area contributed by atoms with Crippen molar-refractivity contribution in [2.75, 3.05) is 4.90 Å². The highest BCUT2D eigenvalue weighted by molar-refractivity contribution is 6.32. The highest BCUT2D eigenvalue weighted by atomic mass is 15.1. The normalized spacial score (nSPS) is 15.7. The minimum absolute atomic E-state index is 0.0143. The molecule has 13 rings (SSSR count). The Morgan fingerprint density at radius 3 is 1.94 bits per heavy atom. The van der Waals surface area contributed by atoms with Gasteiger partial charge in [-0.3, -0.25) is 0 Å². The maximum atomic E-state index is 2.51. The zero-order valence-electron chi connectivity index (χ0n) is 38.9. The molecule has 0 heterocycles. The van der Waals surface area contributed by atoms with E-state index in [0.717, 1.165) is 38.5 Å². The van der Waals surface area contributed by atoms with E-state index in [9.17, 15) is 0 Å². The SMILES string of the molecule is CC1(C)C2=C(C=CCC2)c2ccc(N(c3ccccc3)c3ccc(-c4ccc5c(c4)c4ccccc4c4c(C6=CC=CCC6)cc(-c6ccccc6)c(-c6ccccc6)c54)c4c3C=CCC4)cc21. The largest absolute Gasteiger partial charge is 0.310 e. The van der Waals surface area contributed by atoms with Crippen molar-refractivity contribution in [3.05, 3.63) is 240 Å². The molecule has 0 atom stereocenters. The first-order chi connectivity index (χ1) is 33.5. The van der Waals surface area contributed by atoms with E-state index in [1.54, 1.807) is 5.57 Å². The summed E-state index contributed by atoms with van der Waals surface area (Å²) in [4.78, 5) is 2.51. The van der Waals surface area contributed by atoms with E-state index in [1.165, 1.54) is 122 Å². The molecule has 0 radical (unpaired) electrons. The highest BCUT2D eigenvalue weighted by Gasteiger charge is 2.38. The maximum absolute atomic E-state index is 2.51. The molecule has 0 saturated heterocycles. The van der Waals surface area contributed by atoms with E-state index in [1.807, 2.05) is 0 Å². The molecule has 1 nitrogen and oxygen atoms in total.